The lowest BCUT2D eigenvalue weighted by atomic mass is 9.83. The molecule has 0 saturated heterocycles. The number of rotatable bonds is 5. The van der Waals surface area contributed by atoms with E-state index in [0.717, 1.165) is 22.2 Å². The number of nitriles is 1. The molecule has 0 aliphatic heterocycles. The van der Waals surface area contributed by atoms with Crippen molar-refractivity contribution in [3.63, 3.8) is 0 Å². The zero-order chi connectivity index (χ0) is 16.9. The minimum Gasteiger partial charge on any atom is -0.496 e. The Hall–Kier alpha value is -2.45. The van der Waals surface area contributed by atoms with Crippen LogP contribution in [0.25, 0.3) is 0 Å². The molecule has 5 heteroatoms. The maximum atomic E-state index is 12.7. The average molecular weight is 326 g/mol. The molecule has 2 rings (SSSR count). The van der Waals surface area contributed by atoms with E-state index in [1.165, 1.54) is 0 Å². The molecule has 0 fully saturated rings. The van der Waals surface area contributed by atoms with Crippen LogP contribution < -0.4 is 10.1 Å². The number of ether oxygens (including phenoxy) is 1. The monoisotopic (exact) mass is 326 g/mol. The Bertz CT molecular complexity index is 733. The van der Waals surface area contributed by atoms with E-state index in [1.54, 1.807) is 31.4 Å². The lowest BCUT2D eigenvalue weighted by Gasteiger charge is -2.26. The van der Waals surface area contributed by atoms with E-state index in [0.29, 0.717) is 11.4 Å². The molecule has 0 bridgehead atoms. The van der Waals surface area contributed by atoms with Crippen LogP contribution in [0, 0.1) is 10.7 Å². The zero-order valence-corrected chi connectivity index (χ0v) is 14.1. The topological polar surface area (TPSA) is 62.1 Å². The number of carbonyl (C=O) groups is 1. The van der Waals surface area contributed by atoms with Crippen molar-refractivity contribution >= 4 is 23.4 Å². The van der Waals surface area contributed by atoms with Crippen LogP contribution >= 0.6 is 11.8 Å². The van der Waals surface area contributed by atoms with Crippen molar-refractivity contribution in [3.8, 4) is 11.2 Å². The van der Waals surface area contributed by atoms with Gasteiger partial charge in [-0.05, 0) is 55.9 Å². The van der Waals surface area contributed by atoms with E-state index in [-0.39, 0.29) is 5.91 Å². The van der Waals surface area contributed by atoms with Crippen LogP contribution in [0.3, 0.4) is 0 Å². The Morgan fingerprint density at radius 3 is 2.43 bits per heavy atom. The molecule has 1 N–H and O–H groups in total. The van der Waals surface area contributed by atoms with Gasteiger partial charge in [0.15, 0.2) is 0 Å². The second kappa shape index (κ2) is 7.21. The summed E-state index contributed by atoms with van der Waals surface area (Å²) in [6, 6.07) is 14.7. The summed E-state index contributed by atoms with van der Waals surface area (Å²) in [5.41, 5.74) is 0.782. The van der Waals surface area contributed by atoms with Gasteiger partial charge >= 0.3 is 0 Å². The SMILES string of the molecule is COc1ccccc1C(C)(C)C(=O)Nc1ccc(SC#N)cc1. The van der Waals surface area contributed by atoms with Gasteiger partial charge in [0.05, 0.1) is 12.5 Å². The normalized spacial score (nSPS) is 10.7. The molecule has 0 aliphatic carbocycles. The smallest absolute Gasteiger partial charge is 0.234 e. The summed E-state index contributed by atoms with van der Waals surface area (Å²) < 4.78 is 5.36. The van der Waals surface area contributed by atoms with E-state index >= 15 is 0 Å². The van der Waals surface area contributed by atoms with E-state index in [1.807, 2.05) is 43.5 Å². The Kier molecular flexibility index (Phi) is 5.30. The minimum atomic E-state index is -0.743. The van der Waals surface area contributed by atoms with Crippen LogP contribution in [0.5, 0.6) is 5.75 Å². The molecule has 0 aliphatic rings. The van der Waals surface area contributed by atoms with Gasteiger partial charge in [0.25, 0.3) is 0 Å². The third kappa shape index (κ3) is 3.85. The van der Waals surface area contributed by atoms with Crippen LogP contribution in [0.1, 0.15) is 19.4 Å². The van der Waals surface area contributed by atoms with E-state index in [4.69, 9.17) is 10.00 Å². The number of hydrogen-bond acceptors (Lipinski definition) is 4. The van der Waals surface area contributed by atoms with E-state index < -0.39 is 5.41 Å². The summed E-state index contributed by atoms with van der Waals surface area (Å²) in [5, 5.41) is 13.6. The highest BCUT2D eigenvalue weighted by Gasteiger charge is 2.32. The first-order chi connectivity index (χ1) is 11.0. The maximum Gasteiger partial charge on any atom is 0.234 e. The predicted octanol–water partition coefficient (Wildman–Crippen LogP) is 4.18. The number of amides is 1. The fraction of sp³-hybridized carbons (Fsp3) is 0.222. The van der Waals surface area contributed by atoms with Crippen molar-refractivity contribution in [3.05, 3.63) is 54.1 Å². The molecule has 0 aromatic heterocycles. The lowest BCUT2D eigenvalue weighted by molar-refractivity contribution is -0.120. The molecule has 118 valence electrons. The van der Waals surface area contributed by atoms with Crippen LogP contribution in [0.2, 0.25) is 0 Å². The fourth-order valence-corrected chi connectivity index (χ4v) is 2.61. The van der Waals surface area contributed by atoms with Gasteiger partial charge in [-0.3, -0.25) is 4.79 Å². The molecular weight excluding hydrogens is 308 g/mol. The highest BCUT2D eigenvalue weighted by atomic mass is 32.2. The molecule has 0 heterocycles. The van der Waals surface area contributed by atoms with Crippen LogP contribution in [0.4, 0.5) is 5.69 Å². The van der Waals surface area contributed by atoms with Gasteiger partial charge in [-0.25, -0.2) is 0 Å². The second-order valence-corrected chi connectivity index (χ2v) is 6.36. The largest absolute Gasteiger partial charge is 0.496 e. The van der Waals surface area contributed by atoms with Crippen LogP contribution in [-0.4, -0.2) is 13.0 Å². The summed E-state index contributed by atoms with van der Waals surface area (Å²) in [5.74, 6) is 0.566. The molecule has 2 aromatic rings. The van der Waals surface area contributed by atoms with Gasteiger partial charge in [0.1, 0.15) is 11.2 Å². The molecule has 0 atom stereocenters. The number of anilines is 1. The predicted molar refractivity (Wildman–Crippen MR) is 92.6 cm³/mol. The van der Waals surface area contributed by atoms with E-state index in [2.05, 4.69) is 5.32 Å². The molecule has 23 heavy (non-hydrogen) atoms. The zero-order valence-electron chi connectivity index (χ0n) is 13.3. The first-order valence-electron chi connectivity index (χ1n) is 7.10. The Labute approximate surface area is 140 Å². The van der Waals surface area contributed by atoms with Crippen molar-refractivity contribution in [1.82, 2.24) is 0 Å². The summed E-state index contributed by atoms with van der Waals surface area (Å²) in [6.07, 6.45) is 0. The number of methoxy groups -OCH3 is 1. The Morgan fingerprint density at radius 2 is 1.83 bits per heavy atom. The van der Waals surface area contributed by atoms with Gasteiger partial charge in [-0.2, -0.15) is 5.26 Å². The molecular formula is C18H18N2O2S. The third-order valence-corrected chi connectivity index (χ3v) is 4.22. The van der Waals surface area contributed by atoms with Gasteiger partial charge in [0, 0.05) is 16.1 Å². The Balaban J connectivity index is 2.20. The number of para-hydroxylation sites is 1. The molecule has 0 unspecified atom stereocenters. The van der Waals surface area contributed by atoms with Gasteiger partial charge in [-0.15, -0.1) is 0 Å². The number of thioether (sulfide) groups is 1. The van der Waals surface area contributed by atoms with Crippen molar-refractivity contribution in [2.24, 2.45) is 0 Å². The van der Waals surface area contributed by atoms with Crippen LogP contribution in [0.15, 0.2) is 53.4 Å². The van der Waals surface area contributed by atoms with E-state index in [9.17, 15) is 4.79 Å². The number of nitrogens with one attached hydrogen (secondary N) is 1. The Morgan fingerprint density at radius 1 is 1.17 bits per heavy atom. The molecule has 0 saturated carbocycles. The number of hydrogen-bond donors (Lipinski definition) is 1. The fourth-order valence-electron chi connectivity index (χ4n) is 2.23. The number of benzene rings is 2. The lowest BCUT2D eigenvalue weighted by Crippen LogP contribution is -2.35. The number of carbonyl (C=O) groups excluding carboxylic acids is 1. The van der Waals surface area contributed by atoms with Crippen LogP contribution in [-0.2, 0) is 10.2 Å². The quantitative estimate of drug-likeness (QED) is 0.661. The third-order valence-electron chi connectivity index (χ3n) is 3.62. The van der Waals surface area contributed by atoms with Crippen molar-refractivity contribution < 1.29 is 9.53 Å². The molecule has 0 spiro atoms. The first kappa shape index (κ1) is 16.9. The highest BCUT2D eigenvalue weighted by Crippen LogP contribution is 2.32. The summed E-state index contributed by atoms with van der Waals surface area (Å²) in [4.78, 5) is 13.5. The maximum absolute atomic E-state index is 12.7. The summed E-state index contributed by atoms with van der Waals surface area (Å²) in [7, 11) is 1.60. The molecule has 4 nitrogen and oxygen atoms in total. The number of nitrogens with zero attached hydrogens (tertiary/aromatic N) is 1. The average Bonchev–Trinajstić information content (AvgIpc) is 2.56. The van der Waals surface area contributed by atoms with Crippen molar-refractivity contribution in [2.75, 3.05) is 12.4 Å². The number of thiocyanates is 1. The first-order valence-corrected chi connectivity index (χ1v) is 7.91. The molecule has 0 radical (unpaired) electrons. The van der Waals surface area contributed by atoms with Crippen molar-refractivity contribution in [1.29, 1.82) is 5.26 Å². The van der Waals surface area contributed by atoms with Gasteiger partial charge in [0.2, 0.25) is 5.91 Å². The van der Waals surface area contributed by atoms with Crippen molar-refractivity contribution in [2.45, 2.75) is 24.2 Å². The van der Waals surface area contributed by atoms with Gasteiger partial charge < -0.3 is 10.1 Å². The molecule has 2 aromatic carbocycles. The molecule has 1 amide bonds. The standard InChI is InChI=1S/C18H18N2O2S/c1-18(2,15-6-4-5-7-16(15)22-3)17(21)20-13-8-10-14(11-9-13)23-12-19/h4-11H,1-3H3,(H,20,21). The second-order valence-electron chi connectivity index (χ2n) is 5.50. The summed E-state index contributed by atoms with van der Waals surface area (Å²) >= 11 is 1.09. The van der Waals surface area contributed by atoms with Gasteiger partial charge in [-0.1, -0.05) is 18.2 Å². The minimum absolute atomic E-state index is 0.123. The summed E-state index contributed by atoms with van der Waals surface area (Å²) in [6.45, 7) is 3.72. The highest BCUT2D eigenvalue weighted by molar-refractivity contribution is 8.03.